The molecule has 6 nitrogen and oxygen atoms in total. The number of carbonyl (C=O) groups excluding carboxylic acids is 2. The van der Waals surface area contributed by atoms with Crippen molar-refractivity contribution in [3.05, 3.63) is 80.9 Å². The number of hydrogen-bond acceptors (Lipinski definition) is 5. The topological polar surface area (TPSA) is 67.6 Å². The summed E-state index contributed by atoms with van der Waals surface area (Å²) in [5.74, 6) is -0.375. The van der Waals surface area contributed by atoms with Crippen LogP contribution in [0.15, 0.2) is 64.5 Å². The van der Waals surface area contributed by atoms with Crippen molar-refractivity contribution in [1.29, 1.82) is 5.26 Å². The Morgan fingerprint density at radius 2 is 1.75 bits per heavy atom. The van der Waals surface area contributed by atoms with E-state index in [0.717, 1.165) is 5.56 Å². The fraction of sp³-hybridized carbons (Fsp3) is 0.296. The molecule has 36 heavy (non-hydrogen) atoms. The fourth-order valence-electron chi connectivity index (χ4n) is 4.17. The minimum atomic E-state index is -0.378. The summed E-state index contributed by atoms with van der Waals surface area (Å²) >= 11 is 7.53. The number of anilines is 1. The van der Waals surface area contributed by atoms with Crippen LogP contribution in [-0.4, -0.2) is 47.8 Å². The average molecular weight is 525 g/mol. The summed E-state index contributed by atoms with van der Waals surface area (Å²) in [6.07, 6.45) is 0.477. The van der Waals surface area contributed by atoms with Crippen LogP contribution >= 0.6 is 23.4 Å². The van der Waals surface area contributed by atoms with Crippen LogP contribution in [0.3, 0.4) is 0 Å². The summed E-state index contributed by atoms with van der Waals surface area (Å²) in [5, 5.41) is 12.9. The zero-order valence-electron chi connectivity index (χ0n) is 20.1. The van der Waals surface area contributed by atoms with Gasteiger partial charge in [0.1, 0.15) is 22.5 Å². The summed E-state index contributed by atoms with van der Waals surface area (Å²) in [6.45, 7) is 5.61. The lowest BCUT2D eigenvalue weighted by atomic mass is 10.1. The summed E-state index contributed by atoms with van der Waals surface area (Å²) in [4.78, 5) is 31.1. The van der Waals surface area contributed by atoms with E-state index >= 15 is 0 Å². The first kappa shape index (κ1) is 25.8. The molecule has 4 rings (SSSR count). The van der Waals surface area contributed by atoms with Gasteiger partial charge in [-0.05, 0) is 53.9 Å². The third kappa shape index (κ3) is 5.58. The van der Waals surface area contributed by atoms with E-state index in [9.17, 15) is 19.2 Å². The van der Waals surface area contributed by atoms with Crippen LogP contribution in [0.4, 0.5) is 10.1 Å². The highest BCUT2D eigenvalue weighted by atomic mass is 35.5. The highest BCUT2D eigenvalue weighted by Crippen LogP contribution is 2.45. The van der Waals surface area contributed by atoms with Crippen LogP contribution < -0.4 is 4.90 Å². The number of carbonyl (C=O) groups is 2. The largest absolute Gasteiger partial charge is 0.339 e. The van der Waals surface area contributed by atoms with Gasteiger partial charge in [-0.15, -0.1) is 0 Å². The number of piperazine rings is 1. The molecule has 0 bridgehead atoms. The Morgan fingerprint density at radius 1 is 1.08 bits per heavy atom. The maximum Gasteiger partial charge on any atom is 0.267 e. The van der Waals surface area contributed by atoms with Crippen molar-refractivity contribution < 1.29 is 14.0 Å². The third-order valence-corrected chi connectivity index (χ3v) is 7.16. The molecule has 2 amide bonds. The van der Waals surface area contributed by atoms with E-state index in [1.165, 1.54) is 23.9 Å². The fourth-order valence-corrected chi connectivity index (χ4v) is 5.38. The molecule has 9 heteroatoms. The van der Waals surface area contributed by atoms with Gasteiger partial charge in [-0.2, -0.15) is 5.26 Å². The molecule has 186 valence electrons. The van der Waals surface area contributed by atoms with Gasteiger partial charge >= 0.3 is 0 Å². The number of nitriles is 1. The Hall–Kier alpha value is -3.28. The summed E-state index contributed by atoms with van der Waals surface area (Å²) < 4.78 is 13.6. The normalized spacial score (nSPS) is 17.2. The Labute approximate surface area is 219 Å². The average Bonchev–Trinajstić information content (AvgIpc) is 3.29. The second kappa shape index (κ2) is 11.2. The predicted molar refractivity (Wildman–Crippen MR) is 141 cm³/mol. The molecule has 2 aliphatic heterocycles. The van der Waals surface area contributed by atoms with Crippen molar-refractivity contribution in [2.75, 3.05) is 31.1 Å². The first-order valence-electron chi connectivity index (χ1n) is 11.7. The second-order valence-corrected chi connectivity index (χ2v) is 10.3. The molecule has 0 unspecified atom stereocenters. The van der Waals surface area contributed by atoms with E-state index in [2.05, 4.69) is 6.07 Å². The number of thioether (sulfide) groups is 1. The maximum atomic E-state index is 13.6. The molecule has 1 saturated heterocycles. The Balaban J connectivity index is 1.63. The van der Waals surface area contributed by atoms with Gasteiger partial charge in [-0.3, -0.25) is 9.59 Å². The van der Waals surface area contributed by atoms with Crippen LogP contribution in [0, 0.1) is 23.1 Å². The van der Waals surface area contributed by atoms with E-state index in [1.807, 2.05) is 30.2 Å². The van der Waals surface area contributed by atoms with Crippen molar-refractivity contribution in [2.24, 2.45) is 5.92 Å². The first-order chi connectivity index (χ1) is 17.3. The predicted octanol–water partition coefficient (Wildman–Crippen LogP) is 5.48. The van der Waals surface area contributed by atoms with Crippen LogP contribution in [-0.2, 0) is 9.59 Å². The number of hydrogen-bond donors (Lipinski definition) is 0. The zero-order chi connectivity index (χ0) is 25.8. The zero-order valence-corrected chi connectivity index (χ0v) is 21.7. The molecule has 0 aliphatic carbocycles. The van der Waals surface area contributed by atoms with Gasteiger partial charge in [0.15, 0.2) is 0 Å². The van der Waals surface area contributed by atoms with Crippen molar-refractivity contribution in [3.8, 4) is 6.07 Å². The van der Waals surface area contributed by atoms with Gasteiger partial charge in [0.05, 0.1) is 5.70 Å². The maximum absolute atomic E-state index is 13.6. The molecule has 0 aromatic heterocycles. The molecule has 2 aliphatic rings. The van der Waals surface area contributed by atoms with Crippen LogP contribution in [0.5, 0.6) is 0 Å². The number of benzene rings is 2. The van der Waals surface area contributed by atoms with E-state index < -0.39 is 0 Å². The van der Waals surface area contributed by atoms with E-state index in [0.29, 0.717) is 54.0 Å². The lowest BCUT2D eigenvalue weighted by Crippen LogP contribution is -2.51. The smallest absolute Gasteiger partial charge is 0.267 e. The molecule has 0 N–H and O–H groups in total. The first-order valence-corrected chi connectivity index (χ1v) is 12.9. The number of halogens is 2. The van der Waals surface area contributed by atoms with Crippen LogP contribution in [0.2, 0.25) is 5.02 Å². The van der Waals surface area contributed by atoms with Crippen LogP contribution in [0.25, 0.3) is 5.70 Å². The third-order valence-electron chi connectivity index (χ3n) is 5.97. The molecule has 0 atom stereocenters. The van der Waals surface area contributed by atoms with Crippen LogP contribution in [0.1, 0.15) is 25.8 Å². The molecule has 2 heterocycles. The Morgan fingerprint density at radius 3 is 2.36 bits per heavy atom. The number of nitrogens with zero attached hydrogens (tertiary/aromatic N) is 4. The van der Waals surface area contributed by atoms with Gasteiger partial charge in [0.2, 0.25) is 5.91 Å². The minimum absolute atomic E-state index is 0.00953. The summed E-state index contributed by atoms with van der Waals surface area (Å²) in [7, 11) is 0. The van der Waals surface area contributed by atoms with Gasteiger partial charge in [0.25, 0.3) is 5.91 Å². The van der Waals surface area contributed by atoms with E-state index in [1.54, 1.807) is 40.1 Å². The van der Waals surface area contributed by atoms with Crippen molar-refractivity contribution in [2.45, 2.75) is 20.3 Å². The van der Waals surface area contributed by atoms with Gasteiger partial charge < -0.3 is 14.7 Å². The highest BCUT2D eigenvalue weighted by Gasteiger charge is 2.33. The van der Waals surface area contributed by atoms with E-state index in [-0.39, 0.29) is 29.1 Å². The standard InChI is InChI=1S/C27H26ClFN4O2S/c1-18(2)14-25(34)31-10-12-32(13-11-31)26(35)23(16-30)27-33(22-5-3-4-20(28)15-22)24(17-36-27)19-6-8-21(29)9-7-19/h3-9,15,17-18H,10-14H2,1-2H3/b27-23-. The molecule has 2 aromatic carbocycles. The van der Waals surface area contributed by atoms with Gasteiger partial charge in [0, 0.05) is 48.7 Å². The second-order valence-electron chi connectivity index (χ2n) is 9.01. The molecular weight excluding hydrogens is 499 g/mol. The quantitative estimate of drug-likeness (QED) is 0.382. The molecule has 0 saturated carbocycles. The monoisotopic (exact) mass is 524 g/mol. The van der Waals surface area contributed by atoms with Gasteiger partial charge in [-0.1, -0.05) is 43.3 Å². The van der Waals surface area contributed by atoms with Crippen molar-refractivity contribution in [1.82, 2.24) is 9.80 Å². The van der Waals surface area contributed by atoms with Gasteiger partial charge in [-0.25, -0.2) is 4.39 Å². The number of amides is 2. The lowest BCUT2D eigenvalue weighted by molar-refractivity contribution is -0.138. The molecule has 1 fully saturated rings. The Kier molecular flexibility index (Phi) is 8.02. The molecular formula is C27H26ClFN4O2S. The van der Waals surface area contributed by atoms with Crippen molar-refractivity contribution >= 4 is 46.6 Å². The highest BCUT2D eigenvalue weighted by molar-refractivity contribution is 8.06. The van der Waals surface area contributed by atoms with E-state index in [4.69, 9.17) is 11.6 Å². The molecule has 2 aromatic rings. The molecule has 0 radical (unpaired) electrons. The summed E-state index contributed by atoms with van der Waals surface area (Å²) in [6, 6.07) is 15.3. The molecule has 0 spiro atoms. The SMILES string of the molecule is CC(C)CC(=O)N1CCN(C(=O)/C(C#N)=C2\SC=C(c3ccc(F)cc3)N2c2cccc(Cl)c2)CC1. The van der Waals surface area contributed by atoms with Crippen molar-refractivity contribution in [3.63, 3.8) is 0 Å². The lowest BCUT2D eigenvalue weighted by Gasteiger charge is -2.35. The Bertz CT molecular complexity index is 1260. The minimum Gasteiger partial charge on any atom is -0.339 e. The number of rotatable bonds is 5. The summed E-state index contributed by atoms with van der Waals surface area (Å²) in [5.41, 5.74) is 2.14.